The van der Waals surface area contributed by atoms with E-state index in [2.05, 4.69) is 15.0 Å². The Morgan fingerprint density at radius 2 is 1.87 bits per heavy atom. The summed E-state index contributed by atoms with van der Waals surface area (Å²) in [6.45, 7) is 5.23. The number of nitro groups is 1. The summed E-state index contributed by atoms with van der Waals surface area (Å²) in [5, 5.41) is 14.9. The molecule has 0 spiro atoms. The summed E-state index contributed by atoms with van der Waals surface area (Å²) >= 11 is 0. The number of benzene rings is 2. The van der Waals surface area contributed by atoms with Crippen LogP contribution in [-0.4, -0.2) is 56.9 Å². The van der Waals surface area contributed by atoms with E-state index in [9.17, 15) is 14.9 Å². The number of aryl methyl sites for hydroxylation is 1. The molecule has 4 rings (SSSR count). The molecule has 0 bridgehead atoms. The molecular formula is C22H23N5O4. The number of nitro benzene ring substituents is 1. The fourth-order valence-electron chi connectivity index (χ4n) is 3.53. The maximum atomic E-state index is 12.6. The Bertz CT molecular complexity index is 1070. The lowest BCUT2D eigenvalue weighted by Gasteiger charge is -2.34. The summed E-state index contributed by atoms with van der Waals surface area (Å²) in [6.07, 6.45) is 0.413. The highest BCUT2D eigenvalue weighted by Crippen LogP contribution is 2.22. The van der Waals surface area contributed by atoms with Crippen LogP contribution in [0.15, 0.2) is 53.1 Å². The fourth-order valence-corrected chi connectivity index (χ4v) is 3.53. The zero-order valence-corrected chi connectivity index (χ0v) is 17.2. The van der Waals surface area contributed by atoms with Crippen molar-refractivity contribution in [2.45, 2.75) is 19.9 Å². The molecule has 1 amide bonds. The van der Waals surface area contributed by atoms with Gasteiger partial charge >= 0.3 is 0 Å². The van der Waals surface area contributed by atoms with Crippen LogP contribution < -0.4 is 0 Å². The minimum Gasteiger partial charge on any atom is -0.340 e. The first-order valence-electron chi connectivity index (χ1n) is 10.1. The summed E-state index contributed by atoms with van der Waals surface area (Å²) in [5.74, 6) is 0.904. The minimum absolute atomic E-state index is 0.0183. The van der Waals surface area contributed by atoms with Crippen LogP contribution in [0, 0.1) is 17.0 Å². The van der Waals surface area contributed by atoms with Crippen molar-refractivity contribution in [3.05, 3.63) is 75.7 Å². The van der Waals surface area contributed by atoms with Gasteiger partial charge in [0.25, 0.3) is 5.69 Å². The van der Waals surface area contributed by atoms with Crippen LogP contribution in [0.2, 0.25) is 0 Å². The number of amides is 1. The largest absolute Gasteiger partial charge is 0.340 e. The second-order valence-electron chi connectivity index (χ2n) is 7.64. The molecule has 1 saturated heterocycles. The predicted molar refractivity (Wildman–Crippen MR) is 113 cm³/mol. The molecule has 1 aromatic heterocycles. The molecule has 2 heterocycles. The zero-order valence-electron chi connectivity index (χ0n) is 17.2. The van der Waals surface area contributed by atoms with Crippen LogP contribution in [0.5, 0.6) is 0 Å². The third-order valence-corrected chi connectivity index (χ3v) is 5.34. The first-order chi connectivity index (χ1) is 15.0. The van der Waals surface area contributed by atoms with Crippen molar-refractivity contribution in [2.75, 3.05) is 26.2 Å². The summed E-state index contributed by atoms with van der Waals surface area (Å²) in [6, 6.07) is 14.2. The Morgan fingerprint density at radius 3 is 2.58 bits per heavy atom. The number of piperazine rings is 1. The number of rotatable bonds is 6. The average Bonchev–Trinajstić information content (AvgIpc) is 3.24. The van der Waals surface area contributed by atoms with E-state index in [4.69, 9.17) is 4.52 Å². The number of nitrogens with zero attached hydrogens (tertiary/aromatic N) is 5. The van der Waals surface area contributed by atoms with Gasteiger partial charge in [-0.1, -0.05) is 47.1 Å². The minimum atomic E-state index is -0.454. The molecule has 3 aromatic rings. The van der Waals surface area contributed by atoms with E-state index < -0.39 is 4.92 Å². The molecule has 0 atom stereocenters. The van der Waals surface area contributed by atoms with Gasteiger partial charge in [-0.05, 0) is 12.5 Å². The van der Waals surface area contributed by atoms with Gasteiger partial charge < -0.3 is 9.42 Å². The summed E-state index contributed by atoms with van der Waals surface area (Å²) < 4.78 is 5.33. The van der Waals surface area contributed by atoms with Crippen LogP contribution in [0.1, 0.15) is 17.0 Å². The van der Waals surface area contributed by atoms with Gasteiger partial charge in [0.1, 0.15) is 0 Å². The highest BCUT2D eigenvalue weighted by atomic mass is 16.6. The lowest BCUT2D eigenvalue weighted by molar-refractivity contribution is -0.384. The molecule has 0 N–H and O–H groups in total. The van der Waals surface area contributed by atoms with Crippen molar-refractivity contribution in [3.63, 3.8) is 0 Å². The van der Waals surface area contributed by atoms with Gasteiger partial charge in [0.2, 0.25) is 17.6 Å². The Morgan fingerprint density at radius 1 is 1.13 bits per heavy atom. The average molecular weight is 421 g/mol. The quantitative estimate of drug-likeness (QED) is 0.445. The monoisotopic (exact) mass is 421 g/mol. The molecule has 1 aliphatic heterocycles. The Kier molecular flexibility index (Phi) is 6.03. The molecule has 0 radical (unpaired) electrons. The number of hydrogen-bond acceptors (Lipinski definition) is 7. The highest BCUT2D eigenvalue weighted by molar-refractivity contribution is 5.78. The Labute approximate surface area is 179 Å². The van der Waals surface area contributed by atoms with E-state index in [1.165, 1.54) is 17.7 Å². The van der Waals surface area contributed by atoms with Crippen molar-refractivity contribution in [1.29, 1.82) is 0 Å². The molecule has 31 heavy (non-hydrogen) atoms. The lowest BCUT2D eigenvalue weighted by atomic mass is 10.1. The zero-order chi connectivity index (χ0) is 21.8. The van der Waals surface area contributed by atoms with Crippen LogP contribution in [0.4, 0.5) is 5.69 Å². The van der Waals surface area contributed by atoms with Crippen molar-refractivity contribution in [2.24, 2.45) is 0 Å². The van der Waals surface area contributed by atoms with Crippen LogP contribution in [0.3, 0.4) is 0 Å². The van der Waals surface area contributed by atoms with Gasteiger partial charge in [-0.15, -0.1) is 0 Å². The molecule has 0 saturated carbocycles. The van der Waals surface area contributed by atoms with E-state index in [-0.39, 0.29) is 11.6 Å². The number of hydrogen-bond donors (Lipinski definition) is 0. The number of aromatic nitrogens is 2. The van der Waals surface area contributed by atoms with Gasteiger partial charge in [-0.3, -0.25) is 19.8 Å². The smallest absolute Gasteiger partial charge is 0.270 e. The highest BCUT2D eigenvalue weighted by Gasteiger charge is 2.23. The molecule has 0 unspecified atom stereocenters. The topological polar surface area (TPSA) is 106 Å². The molecule has 1 aliphatic rings. The van der Waals surface area contributed by atoms with Gasteiger partial charge in [-0.25, -0.2) is 0 Å². The third-order valence-electron chi connectivity index (χ3n) is 5.34. The van der Waals surface area contributed by atoms with Gasteiger partial charge in [0.15, 0.2) is 0 Å². The Balaban J connectivity index is 1.30. The molecule has 0 aliphatic carbocycles. The number of non-ortho nitro benzene ring substituents is 1. The summed E-state index contributed by atoms with van der Waals surface area (Å²) in [5.41, 5.74) is 2.73. The van der Waals surface area contributed by atoms with Crippen LogP contribution in [0.25, 0.3) is 11.4 Å². The first-order valence-corrected chi connectivity index (χ1v) is 10.1. The van der Waals surface area contributed by atoms with Crippen LogP contribution in [-0.2, 0) is 17.8 Å². The predicted octanol–water partition coefficient (Wildman–Crippen LogP) is 2.84. The number of carbonyl (C=O) groups is 1. The third kappa shape index (κ3) is 5.13. The number of carbonyl (C=O) groups excluding carboxylic acids is 1. The summed E-state index contributed by atoms with van der Waals surface area (Å²) in [7, 11) is 0. The van der Waals surface area contributed by atoms with Crippen molar-refractivity contribution in [3.8, 4) is 11.4 Å². The van der Waals surface area contributed by atoms with E-state index in [0.717, 1.165) is 5.56 Å². The maximum absolute atomic E-state index is 12.6. The second kappa shape index (κ2) is 9.05. The second-order valence-corrected chi connectivity index (χ2v) is 7.64. The molecule has 9 nitrogen and oxygen atoms in total. The molecule has 160 valence electrons. The maximum Gasteiger partial charge on any atom is 0.270 e. The van der Waals surface area contributed by atoms with E-state index in [0.29, 0.717) is 56.4 Å². The molecule has 2 aromatic carbocycles. The standard InChI is InChI=1S/C22H23N5O4/c1-16-5-7-17(8-6-16)13-21(28)26-11-9-25(10-12-26)15-20-23-22(24-31-20)18-3-2-4-19(14-18)27(29)30/h2-8,14H,9-13,15H2,1H3. The molecule has 9 heteroatoms. The first kappa shape index (κ1) is 20.7. The van der Waals surface area contributed by atoms with E-state index in [1.807, 2.05) is 36.1 Å². The SMILES string of the molecule is Cc1ccc(CC(=O)N2CCN(Cc3nc(-c4cccc([N+](=O)[O-])c4)no3)CC2)cc1. The van der Waals surface area contributed by atoms with Gasteiger partial charge in [0.05, 0.1) is 17.9 Å². The van der Waals surface area contributed by atoms with Gasteiger partial charge in [-0.2, -0.15) is 4.98 Å². The fraction of sp³-hybridized carbons (Fsp3) is 0.318. The van der Waals surface area contributed by atoms with E-state index in [1.54, 1.807) is 12.1 Å². The molecule has 1 fully saturated rings. The van der Waals surface area contributed by atoms with Gasteiger partial charge in [0, 0.05) is 43.9 Å². The van der Waals surface area contributed by atoms with E-state index >= 15 is 0 Å². The molecular weight excluding hydrogens is 398 g/mol. The lowest BCUT2D eigenvalue weighted by Crippen LogP contribution is -2.48. The normalized spacial score (nSPS) is 14.5. The van der Waals surface area contributed by atoms with Crippen molar-refractivity contribution < 1.29 is 14.2 Å². The van der Waals surface area contributed by atoms with Crippen molar-refractivity contribution >= 4 is 11.6 Å². The Hall–Kier alpha value is -3.59. The van der Waals surface area contributed by atoms with Crippen molar-refractivity contribution in [1.82, 2.24) is 19.9 Å². The van der Waals surface area contributed by atoms with Crippen LogP contribution >= 0.6 is 0 Å². The summed E-state index contributed by atoms with van der Waals surface area (Å²) in [4.78, 5) is 31.5.